The van der Waals surface area contributed by atoms with Crippen LogP contribution in [0.15, 0.2) is 10.8 Å². The highest BCUT2D eigenvalue weighted by Crippen LogP contribution is 2.07. The van der Waals surface area contributed by atoms with Gasteiger partial charge in [0.15, 0.2) is 0 Å². The van der Waals surface area contributed by atoms with E-state index in [0.717, 1.165) is 6.26 Å². The van der Waals surface area contributed by atoms with Gasteiger partial charge in [-0.2, -0.15) is 0 Å². The average molecular weight is 197 g/mol. The van der Waals surface area contributed by atoms with E-state index in [4.69, 9.17) is 23.2 Å². The van der Waals surface area contributed by atoms with Gasteiger partial charge in [-0.3, -0.25) is 4.79 Å². The number of esters is 1. The molecule has 0 N–H and O–H groups in total. The van der Waals surface area contributed by atoms with Crippen LogP contribution in [0.25, 0.3) is 0 Å². The van der Waals surface area contributed by atoms with E-state index in [1.807, 2.05) is 13.8 Å². The molecule has 0 atom stereocenters. The zero-order chi connectivity index (χ0) is 8.85. The Hall–Kier alpha value is -0.210. The third-order valence-corrected chi connectivity index (χ3v) is 1.03. The Kier molecular flexibility index (Phi) is 5.34. The molecule has 0 saturated heterocycles. The quantitative estimate of drug-likeness (QED) is 0.513. The summed E-state index contributed by atoms with van der Waals surface area (Å²) in [5, 5.41) is 0. The fourth-order valence-electron chi connectivity index (χ4n) is 0.492. The zero-order valence-corrected chi connectivity index (χ0v) is 7.95. The van der Waals surface area contributed by atoms with Crippen molar-refractivity contribution in [2.24, 2.45) is 5.92 Å². The molecule has 0 spiro atoms. The number of ether oxygens (including phenoxy) is 1. The van der Waals surface area contributed by atoms with E-state index >= 15 is 0 Å². The van der Waals surface area contributed by atoms with Crippen molar-refractivity contribution in [1.29, 1.82) is 0 Å². The van der Waals surface area contributed by atoms with Gasteiger partial charge in [-0.15, -0.1) is 0 Å². The van der Waals surface area contributed by atoms with Crippen molar-refractivity contribution in [2.45, 2.75) is 20.3 Å². The summed E-state index contributed by atoms with van der Waals surface area (Å²) >= 11 is 10.4. The fourth-order valence-corrected chi connectivity index (χ4v) is 0.581. The Bertz CT molecular complexity index is 160. The predicted octanol–water partition coefficient (Wildman–Crippen LogP) is 2.85. The Balaban J connectivity index is 3.62. The van der Waals surface area contributed by atoms with Gasteiger partial charge >= 0.3 is 5.97 Å². The fraction of sp³-hybridized carbons (Fsp3) is 0.571. The van der Waals surface area contributed by atoms with Gasteiger partial charge in [-0.05, 0) is 5.92 Å². The van der Waals surface area contributed by atoms with Gasteiger partial charge in [0.2, 0.25) is 0 Å². The molecule has 0 aliphatic carbocycles. The van der Waals surface area contributed by atoms with Gasteiger partial charge < -0.3 is 4.74 Å². The smallest absolute Gasteiger partial charge is 0.310 e. The summed E-state index contributed by atoms with van der Waals surface area (Å²) in [5.41, 5.74) is 0. The van der Waals surface area contributed by atoms with Crippen molar-refractivity contribution in [3.05, 3.63) is 10.8 Å². The van der Waals surface area contributed by atoms with Crippen LogP contribution in [-0.2, 0) is 9.53 Å². The molecule has 0 amide bonds. The molecular weight excluding hydrogens is 187 g/mol. The molecule has 0 saturated carbocycles. The molecule has 0 aliphatic heterocycles. The predicted molar refractivity (Wildman–Crippen MR) is 45.3 cm³/mol. The summed E-state index contributed by atoms with van der Waals surface area (Å²) in [6, 6.07) is 0. The molecule has 0 radical (unpaired) electrons. The highest BCUT2D eigenvalue weighted by molar-refractivity contribution is 6.55. The SMILES string of the molecule is CC(C)CC(=O)OC=C(Cl)Cl. The monoisotopic (exact) mass is 196 g/mol. The Morgan fingerprint density at radius 1 is 1.55 bits per heavy atom. The average Bonchev–Trinajstić information content (AvgIpc) is 1.82. The van der Waals surface area contributed by atoms with E-state index in [0.29, 0.717) is 6.42 Å². The first-order valence-corrected chi connectivity index (χ1v) is 3.98. The van der Waals surface area contributed by atoms with Crippen molar-refractivity contribution in [1.82, 2.24) is 0 Å². The van der Waals surface area contributed by atoms with Crippen molar-refractivity contribution in [2.75, 3.05) is 0 Å². The number of rotatable bonds is 3. The van der Waals surface area contributed by atoms with E-state index in [9.17, 15) is 4.79 Å². The first kappa shape index (κ1) is 10.8. The van der Waals surface area contributed by atoms with Crippen LogP contribution >= 0.6 is 23.2 Å². The second-order valence-electron chi connectivity index (χ2n) is 2.50. The van der Waals surface area contributed by atoms with Crippen LogP contribution < -0.4 is 0 Å². The third-order valence-electron chi connectivity index (χ3n) is 0.854. The van der Waals surface area contributed by atoms with Gasteiger partial charge in [-0.1, -0.05) is 37.0 Å². The van der Waals surface area contributed by atoms with Gasteiger partial charge in [0.1, 0.15) is 10.8 Å². The molecule has 0 aromatic carbocycles. The van der Waals surface area contributed by atoms with Crippen LogP contribution in [-0.4, -0.2) is 5.97 Å². The van der Waals surface area contributed by atoms with Crippen LogP contribution in [0.1, 0.15) is 20.3 Å². The second-order valence-corrected chi connectivity index (χ2v) is 3.50. The number of halogens is 2. The van der Waals surface area contributed by atoms with E-state index < -0.39 is 0 Å². The van der Waals surface area contributed by atoms with Crippen molar-refractivity contribution in [3.8, 4) is 0 Å². The van der Waals surface area contributed by atoms with Crippen LogP contribution in [0.5, 0.6) is 0 Å². The minimum absolute atomic E-state index is 0.0536. The lowest BCUT2D eigenvalue weighted by Crippen LogP contribution is -2.03. The maximum absolute atomic E-state index is 10.8. The molecular formula is C7H10Cl2O2. The van der Waals surface area contributed by atoms with Gasteiger partial charge in [0, 0.05) is 6.42 Å². The minimum atomic E-state index is -0.321. The minimum Gasteiger partial charge on any atom is -0.432 e. The molecule has 2 nitrogen and oxygen atoms in total. The molecule has 4 heteroatoms. The Morgan fingerprint density at radius 3 is 2.45 bits per heavy atom. The molecule has 0 heterocycles. The molecule has 64 valence electrons. The standard InChI is InChI=1S/C7H10Cl2O2/c1-5(2)3-7(10)11-4-6(8)9/h4-5H,3H2,1-2H3. The maximum Gasteiger partial charge on any atom is 0.310 e. The van der Waals surface area contributed by atoms with E-state index in [2.05, 4.69) is 4.74 Å². The molecule has 11 heavy (non-hydrogen) atoms. The molecule has 0 fully saturated rings. The Morgan fingerprint density at radius 2 is 2.09 bits per heavy atom. The summed E-state index contributed by atoms with van der Waals surface area (Å²) in [7, 11) is 0. The second kappa shape index (κ2) is 5.44. The lowest BCUT2D eigenvalue weighted by molar-refractivity contribution is -0.138. The van der Waals surface area contributed by atoms with Gasteiger partial charge in [0.25, 0.3) is 0 Å². The topological polar surface area (TPSA) is 26.3 Å². The summed E-state index contributed by atoms with van der Waals surface area (Å²) in [4.78, 5) is 10.8. The van der Waals surface area contributed by atoms with E-state index in [1.54, 1.807) is 0 Å². The number of hydrogen-bond donors (Lipinski definition) is 0. The summed E-state index contributed by atoms with van der Waals surface area (Å²) in [5.74, 6) is -0.0381. The largest absolute Gasteiger partial charge is 0.432 e. The molecule has 0 rings (SSSR count). The number of carbonyl (C=O) groups excluding carboxylic acids is 1. The lowest BCUT2D eigenvalue weighted by Gasteiger charge is -2.00. The highest BCUT2D eigenvalue weighted by atomic mass is 35.5. The number of carbonyl (C=O) groups is 1. The van der Waals surface area contributed by atoms with E-state index in [1.165, 1.54) is 0 Å². The lowest BCUT2D eigenvalue weighted by atomic mass is 10.1. The normalized spacial score (nSPS) is 9.55. The Labute approximate surface area is 76.1 Å². The van der Waals surface area contributed by atoms with E-state index in [-0.39, 0.29) is 16.4 Å². The van der Waals surface area contributed by atoms with Crippen LogP contribution in [0.4, 0.5) is 0 Å². The van der Waals surface area contributed by atoms with Crippen molar-refractivity contribution < 1.29 is 9.53 Å². The summed E-state index contributed by atoms with van der Waals surface area (Å²) < 4.78 is 4.50. The zero-order valence-electron chi connectivity index (χ0n) is 6.43. The van der Waals surface area contributed by atoms with Gasteiger partial charge in [-0.25, -0.2) is 0 Å². The van der Waals surface area contributed by atoms with Crippen LogP contribution in [0.3, 0.4) is 0 Å². The highest BCUT2D eigenvalue weighted by Gasteiger charge is 2.04. The molecule has 0 aromatic heterocycles. The van der Waals surface area contributed by atoms with Crippen molar-refractivity contribution >= 4 is 29.2 Å². The molecule has 0 aromatic rings. The molecule has 0 aliphatic rings. The first-order chi connectivity index (χ1) is 5.02. The maximum atomic E-state index is 10.8. The van der Waals surface area contributed by atoms with Crippen LogP contribution in [0, 0.1) is 5.92 Å². The van der Waals surface area contributed by atoms with Crippen LogP contribution in [0.2, 0.25) is 0 Å². The van der Waals surface area contributed by atoms with Crippen molar-refractivity contribution in [3.63, 3.8) is 0 Å². The molecule has 0 unspecified atom stereocenters. The summed E-state index contributed by atoms with van der Waals surface area (Å²) in [6.07, 6.45) is 1.39. The number of hydrogen-bond acceptors (Lipinski definition) is 2. The summed E-state index contributed by atoms with van der Waals surface area (Å²) in [6.45, 7) is 3.85. The third kappa shape index (κ3) is 7.69. The first-order valence-electron chi connectivity index (χ1n) is 3.23. The van der Waals surface area contributed by atoms with Gasteiger partial charge in [0.05, 0.1) is 0 Å². The molecule has 0 bridgehead atoms.